The number of aromatic nitrogens is 1. The number of piperidine rings is 1. The van der Waals surface area contributed by atoms with Gasteiger partial charge in [-0.1, -0.05) is 13.3 Å². The number of sulfonamides is 1. The molecule has 5 nitrogen and oxygen atoms in total. The number of thiazole rings is 1. The zero-order chi connectivity index (χ0) is 15.3. The number of nitrogens with one attached hydrogen (secondary N) is 1. The van der Waals surface area contributed by atoms with E-state index < -0.39 is 10.0 Å². The first-order valence-electron chi connectivity index (χ1n) is 7.59. The third-order valence-corrected chi connectivity index (χ3v) is 5.33. The van der Waals surface area contributed by atoms with Crippen molar-refractivity contribution in [1.29, 1.82) is 0 Å². The van der Waals surface area contributed by atoms with Gasteiger partial charge in [-0.05, 0) is 32.2 Å². The number of rotatable bonds is 7. The lowest BCUT2D eigenvalue weighted by molar-refractivity contribution is 0.193. The second-order valence-electron chi connectivity index (χ2n) is 5.80. The molecular formula is C14H25N3O2S2. The van der Waals surface area contributed by atoms with Crippen molar-refractivity contribution in [2.45, 2.75) is 51.6 Å². The summed E-state index contributed by atoms with van der Waals surface area (Å²) in [6.07, 6.45) is 6.63. The molecule has 0 aromatic carbocycles. The molecule has 2 rings (SSSR count). The summed E-state index contributed by atoms with van der Waals surface area (Å²) in [5.74, 6) is 0. The van der Waals surface area contributed by atoms with Crippen LogP contribution in [0.4, 0.5) is 0 Å². The third kappa shape index (κ3) is 6.02. The Hall–Kier alpha value is -0.500. The predicted octanol–water partition coefficient (Wildman–Crippen LogP) is 2.00. The molecule has 1 N–H and O–H groups in total. The Labute approximate surface area is 131 Å². The monoisotopic (exact) mass is 331 g/mol. The Kier molecular flexibility index (Phi) is 6.16. The summed E-state index contributed by atoms with van der Waals surface area (Å²) in [5.41, 5.74) is 1.12. The summed E-state index contributed by atoms with van der Waals surface area (Å²) in [5, 5.41) is 3.35. The minimum absolute atomic E-state index is 0.0342. The van der Waals surface area contributed by atoms with Crippen LogP contribution >= 0.6 is 11.3 Å². The first-order valence-corrected chi connectivity index (χ1v) is 10.4. The minimum atomic E-state index is -3.12. The third-order valence-electron chi connectivity index (χ3n) is 3.62. The standard InChI is InChI=1S/C14H25N3O2S2/c1-3-4-7-14-15-13(11-20-14)10-17-8-5-6-12(9-17)16-21(2,18)19/h11-12,16H,3-10H2,1-2H3. The maximum absolute atomic E-state index is 11.3. The van der Waals surface area contributed by atoms with Crippen LogP contribution < -0.4 is 4.72 Å². The van der Waals surface area contributed by atoms with Gasteiger partial charge in [0, 0.05) is 24.5 Å². The van der Waals surface area contributed by atoms with E-state index in [1.54, 1.807) is 11.3 Å². The van der Waals surface area contributed by atoms with Gasteiger partial charge < -0.3 is 0 Å². The van der Waals surface area contributed by atoms with Crippen molar-refractivity contribution < 1.29 is 8.42 Å². The highest BCUT2D eigenvalue weighted by atomic mass is 32.2. The van der Waals surface area contributed by atoms with Gasteiger partial charge in [0.15, 0.2) is 0 Å². The number of unbranched alkanes of at least 4 members (excludes halogenated alkanes) is 1. The molecule has 0 aliphatic carbocycles. The first kappa shape index (κ1) is 16.9. The molecule has 1 atom stereocenters. The highest BCUT2D eigenvalue weighted by Crippen LogP contribution is 2.17. The summed E-state index contributed by atoms with van der Waals surface area (Å²) in [6, 6.07) is 0.0342. The van der Waals surface area contributed by atoms with Crippen molar-refractivity contribution in [3.05, 3.63) is 16.1 Å². The quantitative estimate of drug-likeness (QED) is 0.830. The van der Waals surface area contributed by atoms with Crippen LogP contribution in [0.25, 0.3) is 0 Å². The summed E-state index contributed by atoms with van der Waals surface area (Å²) in [4.78, 5) is 6.98. The van der Waals surface area contributed by atoms with E-state index in [1.165, 1.54) is 24.1 Å². The molecule has 1 aliphatic rings. The molecule has 0 bridgehead atoms. The Balaban J connectivity index is 1.86. The summed E-state index contributed by atoms with van der Waals surface area (Å²) < 4.78 is 25.4. The highest BCUT2D eigenvalue weighted by molar-refractivity contribution is 7.88. The molecule has 1 aromatic rings. The van der Waals surface area contributed by atoms with Gasteiger partial charge in [0.1, 0.15) is 0 Å². The fraction of sp³-hybridized carbons (Fsp3) is 0.786. The van der Waals surface area contributed by atoms with Crippen LogP contribution in [0.15, 0.2) is 5.38 Å². The lowest BCUT2D eigenvalue weighted by atomic mass is 10.1. The lowest BCUT2D eigenvalue weighted by Crippen LogP contribution is -2.47. The van der Waals surface area contributed by atoms with E-state index in [4.69, 9.17) is 0 Å². The maximum Gasteiger partial charge on any atom is 0.208 e. The Morgan fingerprint density at radius 1 is 1.52 bits per heavy atom. The first-order chi connectivity index (χ1) is 9.96. The van der Waals surface area contributed by atoms with Crippen molar-refractivity contribution in [2.75, 3.05) is 19.3 Å². The number of hydrogen-bond donors (Lipinski definition) is 1. The van der Waals surface area contributed by atoms with Gasteiger partial charge in [0.25, 0.3) is 0 Å². The number of aryl methyl sites for hydroxylation is 1. The average molecular weight is 332 g/mol. The molecule has 120 valence electrons. The van der Waals surface area contributed by atoms with Crippen LogP contribution in [-0.4, -0.2) is 43.7 Å². The molecule has 1 unspecified atom stereocenters. The Bertz CT molecular complexity index is 542. The Morgan fingerprint density at radius 3 is 3.05 bits per heavy atom. The van der Waals surface area contributed by atoms with Crippen LogP contribution in [0.2, 0.25) is 0 Å². The molecule has 0 spiro atoms. The average Bonchev–Trinajstić information content (AvgIpc) is 2.82. The fourth-order valence-corrected chi connectivity index (χ4v) is 4.32. The van der Waals surface area contributed by atoms with Gasteiger partial charge in [-0.15, -0.1) is 11.3 Å². The van der Waals surface area contributed by atoms with Gasteiger partial charge in [-0.25, -0.2) is 18.1 Å². The van der Waals surface area contributed by atoms with Gasteiger partial charge in [0.2, 0.25) is 10.0 Å². The van der Waals surface area contributed by atoms with Crippen LogP contribution in [0, 0.1) is 0 Å². The molecule has 0 saturated carbocycles. The normalized spacial score (nSPS) is 20.8. The molecule has 0 radical (unpaired) electrons. The van der Waals surface area contributed by atoms with Gasteiger partial charge in [0.05, 0.1) is 17.0 Å². The summed E-state index contributed by atoms with van der Waals surface area (Å²) in [6.45, 7) is 4.81. The smallest absolute Gasteiger partial charge is 0.208 e. The lowest BCUT2D eigenvalue weighted by Gasteiger charge is -2.32. The van der Waals surface area contributed by atoms with E-state index in [1.807, 2.05) is 0 Å². The second-order valence-corrected chi connectivity index (χ2v) is 8.52. The van der Waals surface area contributed by atoms with Crippen molar-refractivity contribution in [3.8, 4) is 0 Å². The predicted molar refractivity (Wildman–Crippen MR) is 87.0 cm³/mol. The second kappa shape index (κ2) is 7.67. The van der Waals surface area contributed by atoms with Crippen LogP contribution in [0.5, 0.6) is 0 Å². The molecule has 2 heterocycles. The van der Waals surface area contributed by atoms with Crippen molar-refractivity contribution in [2.24, 2.45) is 0 Å². The van der Waals surface area contributed by atoms with Crippen LogP contribution in [-0.2, 0) is 23.0 Å². The summed E-state index contributed by atoms with van der Waals surface area (Å²) in [7, 11) is -3.12. The maximum atomic E-state index is 11.3. The number of hydrogen-bond acceptors (Lipinski definition) is 5. The van der Waals surface area contributed by atoms with E-state index in [-0.39, 0.29) is 6.04 Å². The SMILES string of the molecule is CCCCc1nc(CN2CCCC(NS(C)(=O)=O)C2)cs1. The van der Waals surface area contributed by atoms with Crippen LogP contribution in [0.1, 0.15) is 43.3 Å². The van der Waals surface area contributed by atoms with Gasteiger partial charge in [-0.2, -0.15) is 0 Å². The molecule has 1 saturated heterocycles. The zero-order valence-electron chi connectivity index (χ0n) is 12.8. The van der Waals surface area contributed by atoms with Gasteiger partial charge in [-0.3, -0.25) is 4.90 Å². The molecule has 0 amide bonds. The zero-order valence-corrected chi connectivity index (χ0v) is 14.5. The molecule has 1 aliphatic heterocycles. The fourth-order valence-electron chi connectivity index (χ4n) is 2.69. The van der Waals surface area contributed by atoms with E-state index in [9.17, 15) is 8.42 Å². The largest absolute Gasteiger partial charge is 0.296 e. The van der Waals surface area contributed by atoms with E-state index in [2.05, 4.69) is 26.9 Å². The molecule has 7 heteroatoms. The molecule has 1 fully saturated rings. The van der Waals surface area contributed by atoms with Gasteiger partial charge >= 0.3 is 0 Å². The molecular weight excluding hydrogens is 306 g/mol. The van der Waals surface area contributed by atoms with Crippen molar-refractivity contribution in [1.82, 2.24) is 14.6 Å². The van der Waals surface area contributed by atoms with E-state index in [0.29, 0.717) is 0 Å². The minimum Gasteiger partial charge on any atom is -0.296 e. The number of likely N-dealkylation sites (tertiary alicyclic amines) is 1. The highest BCUT2D eigenvalue weighted by Gasteiger charge is 2.22. The van der Waals surface area contributed by atoms with Crippen molar-refractivity contribution in [3.63, 3.8) is 0 Å². The van der Waals surface area contributed by atoms with Crippen LogP contribution in [0.3, 0.4) is 0 Å². The Morgan fingerprint density at radius 2 is 2.33 bits per heavy atom. The topological polar surface area (TPSA) is 62.3 Å². The van der Waals surface area contributed by atoms with E-state index in [0.717, 1.165) is 44.6 Å². The van der Waals surface area contributed by atoms with Crippen molar-refractivity contribution >= 4 is 21.4 Å². The summed E-state index contributed by atoms with van der Waals surface area (Å²) >= 11 is 1.74. The molecule has 21 heavy (non-hydrogen) atoms. The number of nitrogens with zero attached hydrogens (tertiary/aromatic N) is 2. The molecule has 1 aromatic heterocycles. The van der Waals surface area contributed by atoms with E-state index >= 15 is 0 Å².